The predicted octanol–water partition coefficient (Wildman–Crippen LogP) is 5.33. The standard InChI is InChI=1S/C24H21IN2O3/c1-2-12-27-23(28)21(26-24(27)29)14-16-10-11-22(20(25)13-16)30-15-18-8-5-7-17-6-3-4-9-19(17)18/h3-11,13-14H,2,12,15H2,1H3,(H,26,29)/b21-14+. The van der Waals surface area contributed by atoms with Crippen LogP contribution in [-0.2, 0) is 11.4 Å². The summed E-state index contributed by atoms with van der Waals surface area (Å²) in [5.41, 5.74) is 2.26. The number of nitrogens with zero attached hydrogens (tertiary/aromatic N) is 1. The van der Waals surface area contributed by atoms with Crippen LogP contribution in [0, 0.1) is 3.57 Å². The number of nitrogens with one attached hydrogen (secondary N) is 1. The number of ether oxygens (including phenoxy) is 1. The molecule has 3 aromatic carbocycles. The first-order valence-electron chi connectivity index (χ1n) is 9.80. The molecule has 0 aliphatic carbocycles. The Kier molecular flexibility index (Phi) is 6.03. The maximum Gasteiger partial charge on any atom is 0.329 e. The monoisotopic (exact) mass is 512 g/mol. The molecule has 1 heterocycles. The molecule has 6 heteroatoms. The lowest BCUT2D eigenvalue weighted by Crippen LogP contribution is -2.31. The van der Waals surface area contributed by atoms with Crippen molar-refractivity contribution in [3.05, 3.63) is 81.1 Å². The van der Waals surface area contributed by atoms with Crippen molar-refractivity contribution in [2.24, 2.45) is 0 Å². The number of hydrogen-bond acceptors (Lipinski definition) is 3. The van der Waals surface area contributed by atoms with Gasteiger partial charge in [-0.2, -0.15) is 0 Å². The van der Waals surface area contributed by atoms with E-state index in [1.54, 1.807) is 6.08 Å². The van der Waals surface area contributed by atoms with E-state index in [1.165, 1.54) is 15.7 Å². The van der Waals surface area contributed by atoms with Gasteiger partial charge in [0, 0.05) is 6.54 Å². The van der Waals surface area contributed by atoms with Crippen LogP contribution in [0.5, 0.6) is 5.75 Å². The highest BCUT2D eigenvalue weighted by molar-refractivity contribution is 14.1. The second kappa shape index (κ2) is 8.87. The number of carbonyl (C=O) groups excluding carboxylic acids is 2. The van der Waals surface area contributed by atoms with E-state index in [2.05, 4.69) is 52.2 Å². The first-order chi connectivity index (χ1) is 14.6. The van der Waals surface area contributed by atoms with Crippen molar-refractivity contribution in [3.63, 3.8) is 0 Å². The maximum atomic E-state index is 12.4. The fraction of sp³-hybridized carbons (Fsp3) is 0.167. The lowest BCUT2D eigenvalue weighted by atomic mass is 10.1. The molecule has 1 aliphatic heterocycles. The minimum absolute atomic E-state index is 0.284. The Morgan fingerprint density at radius 3 is 2.67 bits per heavy atom. The third-order valence-electron chi connectivity index (χ3n) is 4.94. The van der Waals surface area contributed by atoms with E-state index in [1.807, 2.05) is 43.3 Å². The van der Waals surface area contributed by atoms with E-state index in [0.29, 0.717) is 18.8 Å². The molecule has 1 fully saturated rings. The van der Waals surface area contributed by atoms with Crippen molar-refractivity contribution in [3.8, 4) is 5.75 Å². The third kappa shape index (κ3) is 4.18. The Morgan fingerprint density at radius 1 is 1.07 bits per heavy atom. The molecule has 0 unspecified atom stereocenters. The summed E-state index contributed by atoms with van der Waals surface area (Å²) >= 11 is 2.22. The normalized spacial score (nSPS) is 15.1. The molecule has 0 aromatic heterocycles. The minimum Gasteiger partial charge on any atom is -0.488 e. The summed E-state index contributed by atoms with van der Waals surface area (Å²) in [4.78, 5) is 25.6. The molecule has 1 N–H and O–H groups in total. The average Bonchev–Trinajstić information content (AvgIpc) is 3.01. The Balaban J connectivity index is 1.50. The van der Waals surface area contributed by atoms with Crippen LogP contribution < -0.4 is 10.1 Å². The molecule has 3 amide bonds. The zero-order chi connectivity index (χ0) is 21.1. The molecule has 30 heavy (non-hydrogen) atoms. The summed E-state index contributed by atoms with van der Waals surface area (Å²) in [6.45, 7) is 2.82. The second-order valence-electron chi connectivity index (χ2n) is 7.06. The molecule has 0 spiro atoms. The van der Waals surface area contributed by atoms with Crippen molar-refractivity contribution in [1.29, 1.82) is 0 Å². The van der Waals surface area contributed by atoms with Gasteiger partial charge in [-0.15, -0.1) is 0 Å². The van der Waals surface area contributed by atoms with Gasteiger partial charge in [-0.25, -0.2) is 4.79 Å². The van der Waals surface area contributed by atoms with Crippen LogP contribution in [0.2, 0.25) is 0 Å². The number of benzene rings is 3. The lowest BCUT2D eigenvalue weighted by Gasteiger charge is -2.11. The maximum absolute atomic E-state index is 12.4. The van der Waals surface area contributed by atoms with Crippen molar-refractivity contribution in [2.45, 2.75) is 20.0 Å². The molecule has 152 valence electrons. The molecule has 0 bridgehead atoms. The number of urea groups is 1. The number of imide groups is 1. The van der Waals surface area contributed by atoms with Gasteiger partial charge < -0.3 is 10.1 Å². The Labute approximate surface area is 188 Å². The molecule has 4 rings (SSSR count). The van der Waals surface area contributed by atoms with E-state index >= 15 is 0 Å². The zero-order valence-electron chi connectivity index (χ0n) is 16.5. The molecule has 1 saturated heterocycles. The zero-order valence-corrected chi connectivity index (χ0v) is 18.7. The average molecular weight is 512 g/mol. The minimum atomic E-state index is -0.363. The van der Waals surface area contributed by atoms with E-state index in [4.69, 9.17) is 4.74 Å². The molecule has 1 aliphatic rings. The van der Waals surface area contributed by atoms with Gasteiger partial charge in [-0.05, 0) is 69.1 Å². The van der Waals surface area contributed by atoms with Gasteiger partial charge in [-0.3, -0.25) is 9.69 Å². The highest BCUT2D eigenvalue weighted by atomic mass is 127. The summed E-state index contributed by atoms with van der Waals surface area (Å²) in [6.07, 6.45) is 2.43. The summed E-state index contributed by atoms with van der Waals surface area (Å²) in [6, 6.07) is 19.8. The lowest BCUT2D eigenvalue weighted by molar-refractivity contribution is -0.122. The van der Waals surface area contributed by atoms with Gasteiger partial charge in [0.15, 0.2) is 0 Å². The van der Waals surface area contributed by atoms with E-state index < -0.39 is 0 Å². The SMILES string of the molecule is CCCN1C(=O)N/C(=C/c2ccc(OCc3cccc4ccccc34)c(I)c2)C1=O. The molecule has 3 aromatic rings. The van der Waals surface area contributed by atoms with Crippen LogP contribution in [0.25, 0.3) is 16.8 Å². The number of halogens is 1. The highest BCUT2D eigenvalue weighted by Gasteiger charge is 2.32. The van der Waals surface area contributed by atoms with Crippen LogP contribution >= 0.6 is 22.6 Å². The summed E-state index contributed by atoms with van der Waals surface area (Å²) < 4.78 is 7.00. The smallest absolute Gasteiger partial charge is 0.329 e. The molecular weight excluding hydrogens is 491 g/mol. The van der Waals surface area contributed by atoms with Crippen LogP contribution in [0.1, 0.15) is 24.5 Å². The number of hydrogen-bond donors (Lipinski definition) is 1. The molecule has 0 saturated carbocycles. The largest absolute Gasteiger partial charge is 0.488 e. The van der Waals surface area contributed by atoms with Crippen molar-refractivity contribution < 1.29 is 14.3 Å². The summed E-state index contributed by atoms with van der Waals surface area (Å²) in [7, 11) is 0. The first-order valence-corrected chi connectivity index (χ1v) is 10.9. The van der Waals surface area contributed by atoms with Crippen LogP contribution in [0.4, 0.5) is 4.79 Å². The summed E-state index contributed by atoms with van der Waals surface area (Å²) in [5, 5.41) is 5.02. The van der Waals surface area contributed by atoms with E-state index in [-0.39, 0.29) is 11.9 Å². The van der Waals surface area contributed by atoms with Crippen LogP contribution in [0.15, 0.2) is 66.4 Å². The van der Waals surface area contributed by atoms with Crippen LogP contribution in [0.3, 0.4) is 0 Å². The van der Waals surface area contributed by atoms with Gasteiger partial charge in [0.25, 0.3) is 5.91 Å². The number of carbonyl (C=O) groups is 2. The number of fused-ring (bicyclic) bond motifs is 1. The van der Waals surface area contributed by atoms with E-state index in [0.717, 1.165) is 26.9 Å². The Bertz CT molecular complexity index is 1150. The van der Waals surface area contributed by atoms with Gasteiger partial charge in [0.2, 0.25) is 0 Å². The Hall–Kier alpha value is -2.87. The third-order valence-corrected chi connectivity index (χ3v) is 5.78. The molecule has 0 atom stereocenters. The predicted molar refractivity (Wildman–Crippen MR) is 126 cm³/mol. The first kappa shape index (κ1) is 20.4. The van der Waals surface area contributed by atoms with Crippen molar-refractivity contribution in [1.82, 2.24) is 10.2 Å². The highest BCUT2D eigenvalue weighted by Crippen LogP contribution is 2.26. The summed E-state index contributed by atoms with van der Waals surface area (Å²) in [5.74, 6) is 0.494. The topological polar surface area (TPSA) is 58.6 Å². The van der Waals surface area contributed by atoms with Crippen molar-refractivity contribution >= 4 is 51.4 Å². The van der Waals surface area contributed by atoms with Crippen LogP contribution in [-0.4, -0.2) is 23.4 Å². The van der Waals surface area contributed by atoms with Gasteiger partial charge >= 0.3 is 6.03 Å². The quantitative estimate of drug-likeness (QED) is 0.276. The number of amides is 3. The fourth-order valence-electron chi connectivity index (χ4n) is 3.46. The van der Waals surface area contributed by atoms with Crippen molar-refractivity contribution in [2.75, 3.05) is 6.54 Å². The number of rotatable bonds is 6. The second-order valence-corrected chi connectivity index (χ2v) is 8.22. The fourth-order valence-corrected chi connectivity index (χ4v) is 4.16. The van der Waals surface area contributed by atoms with Gasteiger partial charge in [0.05, 0.1) is 3.57 Å². The molecule has 5 nitrogen and oxygen atoms in total. The Morgan fingerprint density at radius 2 is 1.87 bits per heavy atom. The molecule has 0 radical (unpaired) electrons. The van der Waals surface area contributed by atoms with E-state index in [9.17, 15) is 9.59 Å². The van der Waals surface area contributed by atoms with Gasteiger partial charge in [0.1, 0.15) is 18.1 Å². The molecular formula is C24H21IN2O3. The van der Waals surface area contributed by atoms with Gasteiger partial charge in [-0.1, -0.05) is 55.5 Å².